The standard InChI is InChI=1S/C33H53N15O11/c34-20(3-1-9-39-32(35)36)29(56)45-14-25(52)41-12-24(51)44-17-28(55)48-22(11-18-5-7-19(49)8-6-18)30(57)46-15-26(53)42-13-23(50)43-16-27(54)47-21(31(58)59)4-2-10-40-33(37)38/h5-8,20-22,49H,1-4,9-17,34H2,(H,41,52)(H,42,53)(H,43,50)(H,44,51)(H,45,56)(H,46,57)(H,47,54)(H,48,55)(H,58,59)(H4,35,36,39)(H4,37,38,40)/t20-,21-,22-/m0/s1. The summed E-state index contributed by atoms with van der Waals surface area (Å²) in [6.07, 6.45) is 0.826. The van der Waals surface area contributed by atoms with E-state index >= 15 is 0 Å². The number of carboxylic acid groups (broad SMARTS) is 1. The van der Waals surface area contributed by atoms with Crippen LogP contribution in [0.1, 0.15) is 31.2 Å². The molecule has 0 fully saturated rings. The third-order valence-corrected chi connectivity index (χ3v) is 7.54. The highest BCUT2D eigenvalue weighted by Crippen LogP contribution is 2.11. The summed E-state index contributed by atoms with van der Waals surface area (Å²) >= 11 is 0. The van der Waals surface area contributed by atoms with Crippen molar-refractivity contribution in [1.29, 1.82) is 0 Å². The molecule has 0 aliphatic carbocycles. The highest BCUT2D eigenvalue weighted by Gasteiger charge is 2.23. The number of phenols is 1. The zero-order valence-electron chi connectivity index (χ0n) is 32.1. The van der Waals surface area contributed by atoms with Crippen LogP contribution < -0.4 is 71.2 Å². The molecular formula is C33H53N15O11. The molecule has 0 radical (unpaired) electrons. The number of aliphatic imine (C=N–C) groups is 2. The van der Waals surface area contributed by atoms with Crippen molar-refractivity contribution in [1.82, 2.24) is 42.5 Å². The van der Waals surface area contributed by atoms with Gasteiger partial charge in [0.1, 0.15) is 17.8 Å². The molecular weight excluding hydrogens is 782 g/mol. The van der Waals surface area contributed by atoms with Gasteiger partial charge in [-0.3, -0.25) is 48.3 Å². The lowest BCUT2D eigenvalue weighted by Gasteiger charge is -2.19. The molecule has 1 aromatic carbocycles. The number of aliphatic carboxylic acids is 1. The number of nitrogens with zero attached hydrogens (tertiary/aromatic N) is 2. The van der Waals surface area contributed by atoms with Crippen molar-refractivity contribution in [2.75, 3.05) is 52.4 Å². The molecule has 1 rings (SSSR count). The number of carbonyl (C=O) groups excluding carboxylic acids is 8. The van der Waals surface area contributed by atoms with Crippen molar-refractivity contribution in [3.63, 3.8) is 0 Å². The van der Waals surface area contributed by atoms with Crippen molar-refractivity contribution in [2.45, 2.75) is 50.2 Å². The van der Waals surface area contributed by atoms with Crippen LogP contribution in [0.2, 0.25) is 0 Å². The lowest BCUT2D eigenvalue weighted by atomic mass is 10.0. The lowest BCUT2D eigenvalue weighted by Crippen LogP contribution is -2.53. The first-order valence-electron chi connectivity index (χ1n) is 17.9. The summed E-state index contributed by atoms with van der Waals surface area (Å²) in [5.41, 5.74) is 27.1. The van der Waals surface area contributed by atoms with Crippen molar-refractivity contribution < 1.29 is 53.4 Å². The first-order chi connectivity index (χ1) is 27.9. The molecule has 26 nitrogen and oxygen atoms in total. The number of carbonyl (C=O) groups is 9. The molecule has 20 N–H and O–H groups in total. The van der Waals surface area contributed by atoms with Crippen molar-refractivity contribution in [3.05, 3.63) is 29.8 Å². The maximum Gasteiger partial charge on any atom is 0.326 e. The Bertz CT molecular complexity index is 1680. The van der Waals surface area contributed by atoms with Crippen LogP contribution in [0.5, 0.6) is 5.75 Å². The molecule has 0 unspecified atom stereocenters. The molecule has 0 saturated heterocycles. The lowest BCUT2D eigenvalue weighted by molar-refractivity contribution is -0.142. The molecule has 0 bridgehead atoms. The van der Waals surface area contributed by atoms with Gasteiger partial charge in [0.05, 0.1) is 45.3 Å². The van der Waals surface area contributed by atoms with E-state index in [9.17, 15) is 53.4 Å². The maximum atomic E-state index is 13.1. The molecule has 3 atom stereocenters. The predicted molar refractivity (Wildman–Crippen MR) is 209 cm³/mol. The third kappa shape index (κ3) is 24.1. The van der Waals surface area contributed by atoms with Gasteiger partial charge in [0.25, 0.3) is 0 Å². The Kier molecular flexibility index (Phi) is 23.1. The van der Waals surface area contributed by atoms with Crippen molar-refractivity contribution in [3.8, 4) is 5.75 Å². The quantitative estimate of drug-likeness (QED) is 0.0222. The number of hydrogen-bond donors (Lipinski definition) is 15. The number of carboxylic acids is 1. The van der Waals surface area contributed by atoms with Crippen LogP contribution in [0, 0.1) is 0 Å². The van der Waals surface area contributed by atoms with E-state index < -0.39 is 111 Å². The van der Waals surface area contributed by atoms with Gasteiger partial charge in [0.15, 0.2) is 11.9 Å². The van der Waals surface area contributed by atoms with E-state index in [1.54, 1.807) is 0 Å². The van der Waals surface area contributed by atoms with Gasteiger partial charge in [0.2, 0.25) is 47.3 Å². The second-order valence-corrected chi connectivity index (χ2v) is 12.5. The molecule has 8 amide bonds. The normalized spacial score (nSPS) is 11.8. The summed E-state index contributed by atoms with van der Waals surface area (Å²) in [6, 6.07) is 2.19. The Morgan fingerprint density at radius 2 is 0.932 bits per heavy atom. The van der Waals surface area contributed by atoms with Crippen LogP contribution >= 0.6 is 0 Å². The van der Waals surface area contributed by atoms with E-state index in [1.807, 2.05) is 0 Å². The Labute approximate surface area is 337 Å². The SMILES string of the molecule is NC(N)=NCCC[C@H](NC(=O)CNC(=O)CNC(=O)CNC(=O)[C@H](Cc1ccc(O)cc1)NC(=O)CNC(=O)CNC(=O)CNC(=O)[C@@H](N)CCCN=C(N)N)C(=O)O. The van der Waals surface area contributed by atoms with Gasteiger partial charge < -0.3 is 81.4 Å². The van der Waals surface area contributed by atoms with Gasteiger partial charge in [0, 0.05) is 19.5 Å². The molecule has 0 heterocycles. The number of benzene rings is 1. The van der Waals surface area contributed by atoms with E-state index in [2.05, 4.69) is 52.5 Å². The predicted octanol–water partition coefficient (Wildman–Crippen LogP) is -7.88. The minimum Gasteiger partial charge on any atom is -0.508 e. The fourth-order valence-corrected chi connectivity index (χ4v) is 4.53. The molecule has 0 saturated carbocycles. The molecule has 326 valence electrons. The van der Waals surface area contributed by atoms with Gasteiger partial charge in [-0.25, -0.2) is 4.79 Å². The Balaban J connectivity index is 2.56. The van der Waals surface area contributed by atoms with Crippen molar-refractivity contribution >= 4 is 65.1 Å². The van der Waals surface area contributed by atoms with Crippen LogP contribution in [-0.4, -0.2) is 146 Å². The summed E-state index contributed by atoms with van der Waals surface area (Å²) in [6.45, 7) is -3.09. The zero-order valence-corrected chi connectivity index (χ0v) is 32.1. The average Bonchev–Trinajstić information content (AvgIpc) is 3.18. The van der Waals surface area contributed by atoms with Crippen molar-refractivity contribution in [2.24, 2.45) is 38.7 Å². The van der Waals surface area contributed by atoms with Crippen LogP contribution in [0.3, 0.4) is 0 Å². The summed E-state index contributed by atoms with van der Waals surface area (Å²) in [4.78, 5) is 118. The summed E-state index contributed by atoms with van der Waals surface area (Å²) in [5, 5.41) is 37.2. The first kappa shape index (κ1) is 49.8. The average molecular weight is 836 g/mol. The van der Waals surface area contributed by atoms with E-state index in [1.165, 1.54) is 24.3 Å². The molecule has 0 aromatic heterocycles. The van der Waals surface area contributed by atoms with Gasteiger partial charge in [-0.2, -0.15) is 0 Å². The van der Waals surface area contributed by atoms with Gasteiger partial charge in [-0.1, -0.05) is 12.1 Å². The van der Waals surface area contributed by atoms with Gasteiger partial charge in [-0.15, -0.1) is 0 Å². The molecule has 1 aromatic rings. The molecule has 26 heteroatoms. The summed E-state index contributed by atoms with van der Waals surface area (Å²) in [7, 11) is 0. The van der Waals surface area contributed by atoms with E-state index in [0.29, 0.717) is 12.0 Å². The Morgan fingerprint density at radius 3 is 1.37 bits per heavy atom. The van der Waals surface area contributed by atoms with Gasteiger partial charge in [-0.05, 0) is 43.4 Å². The number of aromatic hydroxyl groups is 1. The smallest absolute Gasteiger partial charge is 0.326 e. The minimum absolute atomic E-state index is 0.0122. The van der Waals surface area contributed by atoms with Crippen LogP contribution in [0.25, 0.3) is 0 Å². The molecule has 59 heavy (non-hydrogen) atoms. The fraction of sp³-hybridized carbons (Fsp3) is 0.485. The topological polar surface area (TPSA) is 445 Å². The largest absolute Gasteiger partial charge is 0.508 e. The number of nitrogens with two attached hydrogens (primary N) is 5. The zero-order chi connectivity index (χ0) is 44.3. The first-order valence-corrected chi connectivity index (χ1v) is 17.9. The second kappa shape index (κ2) is 27.4. The van der Waals surface area contributed by atoms with Gasteiger partial charge >= 0.3 is 5.97 Å². The van der Waals surface area contributed by atoms with Crippen LogP contribution in [-0.2, 0) is 49.6 Å². The number of rotatable bonds is 27. The minimum atomic E-state index is -1.31. The molecule has 0 spiro atoms. The number of nitrogens with one attached hydrogen (secondary N) is 8. The third-order valence-electron chi connectivity index (χ3n) is 7.54. The maximum absolute atomic E-state index is 13.1. The van der Waals surface area contributed by atoms with Crippen LogP contribution in [0.15, 0.2) is 34.3 Å². The van der Waals surface area contributed by atoms with E-state index in [4.69, 9.17) is 28.7 Å². The molecule has 0 aliphatic heterocycles. The highest BCUT2D eigenvalue weighted by molar-refractivity contribution is 5.94. The molecule has 0 aliphatic rings. The number of guanidine groups is 2. The summed E-state index contributed by atoms with van der Waals surface area (Å²) < 4.78 is 0. The number of hydrogen-bond acceptors (Lipinski definition) is 13. The van der Waals surface area contributed by atoms with E-state index in [-0.39, 0.29) is 56.4 Å². The second-order valence-electron chi connectivity index (χ2n) is 12.5. The van der Waals surface area contributed by atoms with Crippen LogP contribution in [0.4, 0.5) is 0 Å². The Hall–Kier alpha value is -7.25. The monoisotopic (exact) mass is 835 g/mol. The number of phenolic OH excluding ortho intramolecular Hbond substituents is 1. The number of amides is 8. The fourth-order valence-electron chi connectivity index (χ4n) is 4.53. The highest BCUT2D eigenvalue weighted by atomic mass is 16.4. The Morgan fingerprint density at radius 1 is 0.542 bits per heavy atom. The van der Waals surface area contributed by atoms with E-state index in [0.717, 1.165) is 0 Å². The summed E-state index contributed by atoms with van der Waals surface area (Å²) in [5.74, 6) is -7.84.